The van der Waals surface area contributed by atoms with Gasteiger partial charge in [-0.25, -0.2) is 8.42 Å². The summed E-state index contributed by atoms with van der Waals surface area (Å²) >= 11 is 5.92. The van der Waals surface area contributed by atoms with Crippen LogP contribution in [0.5, 0.6) is 0 Å². The summed E-state index contributed by atoms with van der Waals surface area (Å²) < 4.78 is 24.5. The molecule has 0 aliphatic heterocycles. The number of halogens is 1. The molecule has 1 aliphatic carbocycles. The molecule has 2 rings (SSSR count). The van der Waals surface area contributed by atoms with Gasteiger partial charge in [-0.1, -0.05) is 11.6 Å². The quantitative estimate of drug-likeness (QED) is 0.753. The molecule has 1 aromatic carbocycles. The first-order valence-electron chi connectivity index (χ1n) is 5.98. The lowest BCUT2D eigenvalue weighted by atomic mass is 10.2. The van der Waals surface area contributed by atoms with Crippen molar-refractivity contribution in [3.8, 4) is 0 Å². The van der Waals surface area contributed by atoms with E-state index in [0.29, 0.717) is 12.1 Å². The van der Waals surface area contributed by atoms with Crippen molar-refractivity contribution in [1.29, 1.82) is 0 Å². The number of sulfonamides is 1. The summed E-state index contributed by atoms with van der Waals surface area (Å²) in [6.07, 6.45) is 1.32. The molecule has 2 atom stereocenters. The van der Waals surface area contributed by atoms with Crippen LogP contribution in [0.15, 0.2) is 18.2 Å². The van der Waals surface area contributed by atoms with Crippen LogP contribution in [0.25, 0.3) is 0 Å². The number of nitrogens with one attached hydrogen (secondary N) is 2. The third-order valence-electron chi connectivity index (χ3n) is 2.98. The van der Waals surface area contributed by atoms with Crippen LogP contribution in [0.4, 0.5) is 11.4 Å². The van der Waals surface area contributed by atoms with Gasteiger partial charge >= 0.3 is 5.97 Å². The van der Waals surface area contributed by atoms with Gasteiger partial charge in [-0.15, -0.1) is 0 Å². The Bertz CT molecular complexity index is 704. The van der Waals surface area contributed by atoms with Crippen LogP contribution in [0.3, 0.4) is 0 Å². The number of carbonyl (C=O) groups excluding carboxylic acids is 1. The van der Waals surface area contributed by atoms with E-state index in [-0.39, 0.29) is 16.6 Å². The molecule has 0 saturated heterocycles. The topological polar surface area (TPSA) is 113 Å². The van der Waals surface area contributed by atoms with E-state index in [1.807, 2.05) is 0 Å². The number of hydrogen-bond acceptors (Lipinski definition) is 4. The Kier molecular flexibility index (Phi) is 4.11. The molecular weight excluding hydrogens is 320 g/mol. The standard InChI is InChI=1S/C12H13ClN2O5S/c1-21(19,20)15-10-3-2-6(4-9(10)13)14-11(16)7-5-8(7)12(17)18/h2-4,7-8,15H,5H2,1H3,(H,14,16)(H,17,18). The molecule has 0 aromatic heterocycles. The van der Waals surface area contributed by atoms with Crippen molar-refractivity contribution >= 4 is 44.9 Å². The Morgan fingerprint density at radius 1 is 1.33 bits per heavy atom. The Hall–Kier alpha value is -1.80. The fraction of sp³-hybridized carbons (Fsp3) is 0.333. The summed E-state index contributed by atoms with van der Waals surface area (Å²) in [6.45, 7) is 0. The molecule has 1 aliphatic rings. The van der Waals surface area contributed by atoms with Gasteiger partial charge in [0.2, 0.25) is 15.9 Å². The maximum atomic E-state index is 11.8. The van der Waals surface area contributed by atoms with Crippen molar-refractivity contribution in [3.63, 3.8) is 0 Å². The minimum atomic E-state index is -3.44. The van der Waals surface area contributed by atoms with Gasteiger partial charge in [0.05, 0.1) is 28.8 Å². The molecule has 1 amide bonds. The van der Waals surface area contributed by atoms with E-state index in [1.165, 1.54) is 18.2 Å². The molecule has 0 heterocycles. The van der Waals surface area contributed by atoms with Gasteiger partial charge in [0, 0.05) is 5.69 Å². The largest absolute Gasteiger partial charge is 0.481 e. The van der Waals surface area contributed by atoms with E-state index in [9.17, 15) is 18.0 Å². The van der Waals surface area contributed by atoms with E-state index in [4.69, 9.17) is 16.7 Å². The molecule has 3 N–H and O–H groups in total. The Morgan fingerprint density at radius 2 is 2.00 bits per heavy atom. The highest BCUT2D eigenvalue weighted by atomic mass is 35.5. The molecule has 0 radical (unpaired) electrons. The second-order valence-electron chi connectivity index (χ2n) is 4.85. The third-order valence-corrected chi connectivity index (χ3v) is 3.88. The lowest BCUT2D eigenvalue weighted by Gasteiger charge is -2.09. The molecule has 1 saturated carbocycles. The monoisotopic (exact) mass is 332 g/mol. The zero-order chi connectivity index (χ0) is 15.8. The molecule has 9 heteroatoms. The van der Waals surface area contributed by atoms with Crippen LogP contribution < -0.4 is 10.0 Å². The third kappa shape index (κ3) is 4.08. The minimum Gasteiger partial charge on any atom is -0.481 e. The maximum absolute atomic E-state index is 11.8. The maximum Gasteiger partial charge on any atom is 0.307 e. The number of benzene rings is 1. The molecule has 1 aromatic rings. The van der Waals surface area contributed by atoms with Crippen molar-refractivity contribution in [2.45, 2.75) is 6.42 Å². The number of carbonyl (C=O) groups is 2. The SMILES string of the molecule is CS(=O)(=O)Nc1ccc(NC(=O)C2CC2C(=O)O)cc1Cl. The Labute approximate surface area is 126 Å². The van der Waals surface area contributed by atoms with Gasteiger partial charge in [0.1, 0.15) is 0 Å². The highest BCUT2D eigenvalue weighted by Crippen LogP contribution is 2.39. The Morgan fingerprint density at radius 3 is 2.48 bits per heavy atom. The highest BCUT2D eigenvalue weighted by molar-refractivity contribution is 7.92. The molecule has 1 fully saturated rings. The van der Waals surface area contributed by atoms with Crippen molar-refractivity contribution in [2.75, 3.05) is 16.3 Å². The van der Waals surface area contributed by atoms with Gasteiger partial charge in [0.15, 0.2) is 0 Å². The first kappa shape index (κ1) is 15.6. The van der Waals surface area contributed by atoms with Gasteiger partial charge in [0.25, 0.3) is 0 Å². The number of carboxylic acid groups (broad SMARTS) is 1. The molecule has 0 bridgehead atoms. The zero-order valence-electron chi connectivity index (χ0n) is 11.0. The van der Waals surface area contributed by atoms with Crippen molar-refractivity contribution < 1.29 is 23.1 Å². The summed E-state index contributed by atoms with van der Waals surface area (Å²) in [7, 11) is -3.44. The summed E-state index contributed by atoms with van der Waals surface area (Å²) in [5, 5.41) is 11.4. The number of hydrogen-bond donors (Lipinski definition) is 3. The smallest absolute Gasteiger partial charge is 0.307 e. The molecule has 0 spiro atoms. The van der Waals surface area contributed by atoms with Gasteiger partial charge < -0.3 is 10.4 Å². The Balaban J connectivity index is 2.04. The summed E-state index contributed by atoms with van der Waals surface area (Å²) in [6, 6.07) is 4.29. The molecule has 21 heavy (non-hydrogen) atoms. The lowest BCUT2D eigenvalue weighted by Crippen LogP contribution is -2.17. The summed E-state index contributed by atoms with van der Waals surface area (Å²) in [4.78, 5) is 22.5. The van der Waals surface area contributed by atoms with Gasteiger partial charge in [-0.05, 0) is 24.6 Å². The molecule has 114 valence electrons. The van der Waals surface area contributed by atoms with Crippen LogP contribution in [-0.2, 0) is 19.6 Å². The van der Waals surface area contributed by atoms with E-state index in [2.05, 4.69) is 10.0 Å². The highest BCUT2D eigenvalue weighted by Gasteiger charge is 2.48. The second-order valence-corrected chi connectivity index (χ2v) is 7.00. The van der Waals surface area contributed by atoms with Crippen LogP contribution in [0.2, 0.25) is 5.02 Å². The van der Waals surface area contributed by atoms with Gasteiger partial charge in [-0.2, -0.15) is 0 Å². The second kappa shape index (κ2) is 5.53. The van der Waals surface area contributed by atoms with Crippen molar-refractivity contribution in [2.24, 2.45) is 11.8 Å². The fourth-order valence-electron chi connectivity index (χ4n) is 1.87. The van der Waals surface area contributed by atoms with E-state index >= 15 is 0 Å². The predicted molar refractivity (Wildman–Crippen MR) is 77.8 cm³/mol. The molecule has 7 nitrogen and oxygen atoms in total. The summed E-state index contributed by atoms with van der Waals surface area (Å²) in [5.74, 6) is -2.54. The number of rotatable bonds is 5. The number of amides is 1. The number of aliphatic carboxylic acids is 1. The average molecular weight is 333 g/mol. The zero-order valence-corrected chi connectivity index (χ0v) is 12.5. The first-order valence-corrected chi connectivity index (χ1v) is 8.25. The normalized spacial score (nSPS) is 20.7. The van der Waals surface area contributed by atoms with Crippen LogP contribution in [0, 0.1) is 11.8 Å². The number of carboxylic acids is 1. The van der Waals surface area contributed by atoms with Crippen LogP contribution in [-0.4, -0.2) is 31.7 Å². The van der Waals surface area contributed by atoms with Crippen molar-refractivity contribution in [3.05, 3.63) is 23.2 Å². The minimum absolute atomic E-state index is 0.129. The van der Waals surface area contributed by atoms with Crippen LogP contribution in [0.1, 0.15) is 6.42 Å². The lowest BCUT2D eigenvalue weighted by molar-refractivity contribution is -0.139. The van der Waals surface area contributed by atoms with E-state index < -0.39 is 27.8 Å². The predicted octanol–water partition coefficient (Wildman–Crippen LogP) is 1.37. The van der Waals surface area contributed by atoms with Gasteiger partial charge in [-0.3, -0.25) is 14.3 Å². The van der Waals surface area contributed by atoms with E-state index in [1.54, 1.807) is 0 Å². The average Bonchev–Trinajstić information content (AvgIpc) is 3.11. The van der Waals surface area contributed by atoms with Crippen LogP contribution >= 0.6 is 11.6 Å². The molecule has 2 unspecified atom stereocenters. The van der Waals surface area contributed by atoms with Crippen molar-refractivity contribution in [1.82, 2.24) is 0 Å². The summed E-state index contributed by atoms with van der Waals surface area (Å²) in [5.41, 5.74) is 0.576. The van der Waals surface area contributed by atoms with E-state index in [0.717, 1.165) is 6.26 Å². The molecular formula is C12H13ClN2O5S. The first-order chi connectivity index (χ1) is 9.67. The fourth-order valence-corrected chi connectivity index (χ4v) is 2.73. The number of anilines is 2.